The minimum Gasteiger partial charge on any atom is -0.507 e. The first kappa shape index (κ1) is 22.9. The topological polar surface area (TPSA) is 130 Å². The Morgan fingerprint density at radius 2 is 1.72 bits per heavy atom. The second-order valence-corrected chi connectivity index (χ2v) is 10.7. The Bertz CT molecular complexity index is 1070. The summed E-state index contributed by atoms with van der Waals surface area (Å²) in [6.07, 6.45) is 0. The van der Waals surface area contributed by atoms with E-state index >= 15 is 0 Å². The van der Waals surface area contributed by atoms with E-state index < -0.39 is 37.6 Å². The molecule has 3 N–H and O–H groups in total. The summed E-state index contributed by atoms with van der Waals surface area (Å²) in [5.41, 5.74) is 0.507. The lowest BCUT2D eigenvalue weighted by atomic mass is 10.2. The first-order valence-corrected chi connectivity index (χ1v) is 12.2. The molecule has 0 fully saturated rings. The van der Waals surface area contributed by atoms with Gasteiger partial charge >= 0.3 is 0 Å². The van der Waals surface area contributed by atoms with Crippen molar-refractivity contribution in [3.8, 4) is 5.75 Å². The van der Waals surface area contributed by atoms with Crippen LogP contribution < -0.4 is 10.0 Å². The fourth-order valence-electron chi connectivity index (χ4n) is 2.56. The average molecular weight is 441 g/mol. The van der Waals surface area contributed by atoms with Crippen LogP contribution in [0.1, 0.15) is 29.8 Å². The number of hydrogen-bond donors (Lipinski definition) is 3. The fourth-order valence-corrected chi connectivity index (χ4v) is 4.69. The third-order valence-corrected chi connectivity index (χ3v) is 7.44. The number of sulfonamides is 1. The molecule has 0 saturated carbocycles. The number of benzene rings is 2. The summed E-state index contributed by atoms with van der Waals surface area (Å²) in [5.74, 6) is -1.48. The number of phenols is 1. The molecule has 1 amide bonds. The molecule has 0 heterocycles. The lowest BCUT2D eigenvalue weighted by Gasteiger charge is -2.15. The van der Waals surface area contributed by atoms with Crippen molar-refractivity contribution in [1.82, 2.24) is 10.0 Å². The van der Waals surface area contributed by atoms with Crippen molar-refractivity contribution in [3.63, 3.8) is 0 Å². The van der Waals surface area contributed by atoms with Crippen LogP contribution in [0.25, 0.3) is 0 Å². The van der Waals surface area contributed by atoms with Crippen LogP contribution in [-0.2, 0) is 26.4 Å². The van der Waals surface area contributed by atoms with E-state index in [1.165, 1.54) is 19.9 Å². The first-order chi connectivity index (χ1) is 13.5. The van der Waals surface area contributed by atoms with Gasteiger partial charge in [0.15, 0.2) is 9.84 Å². The van der Waals surface area contributed by atoms with Crippen molar-refractivity contribution >= 4 is 25.8 Å². The van der Waals surface area contributed by atoms with Crippen molar-refractivity contribution in [2.75, 3.05) is 11.5 Å². The standard InChI is InChI=1S/C19H24N2O6S2/c1-3-28(24,25)13-14(2)21-19(23)17-11-16(9-10-18(17)22)29(26,27)20-12-15-7-5-4-6-8-15/h4-11,14,20,22H,3,12-13H2,1-2H3,(H,21,23)/t14-/m0/s1. The maximum Gasteiger partial charge on any atom is 0.255 e. The highest BCUT2D eigenvalue weighted by molar-refractivity contribution is 7.91. The molecule has 1 atom stereocenters. The van der Waals surface area contributed by atoms with Gasteiger partial charge in [0.2, 0.25) is 10.0 Å². The fraction of sp³-hybridized carbons (Fsp3) is 0.316. The van der Waals surface area contributed by atoms with E-state index in [2.05, 4.69) is 10.0 Å². The molecular formula is C19H24N2O6S2. The Labute approximate surface area is 170 Å². The van der Waals surface area contributed by atoms with Crippen LogP contribution in [0.15, 0.2) is 53.4 Å². The summed E-state index contributed by atoms with van der Waals surface area (Å²) in [7, 11) is -7.23. The predicted octanol–water partition coefficient (Wildman–Crippen LogP) is 1.42. The van der Waals surface area contributed by atoms with Crippen LogP contribution in [0, 0.1) is 0 Å². The summed E-state index contributed by atoms with van der Waals surface area (Å²) in [6.45, 7) is 3.09. The molecule has 0 aromatic heterocycles. The zero-order chi connectivity index (χ0) is 21.7. The molecule has 2 aromatic carbocycles. The Balaban J connectivity index is 2.16. The smallest absolute Gasteiger partial charge is 0.255 e. The van der Waals surface area contributed by atoms with E-state index in [9.17, 15) is 26.7 Å². The summed E-state index contributed by atoms with van der Waals surface area (Å²) < 4.78 is 50.9. The molecule has 0 bridgehead atoms. The van der Waals surface area contributed by atoms with Gasteiger partial charge in [-0.2, -0.15) is 0 Å². The monoisotopic (exact) mass is 440 g/mol. The van der Waals surface area contributed by atoms with Crippen LogP contribution in [-0.4, -0.2) is 45.4 Å². The van der Waals surface area contributed by atoms with Gasteiger partial charge in [-0.3, -0.25) is 4.79 Å². The largest absolute Gasteiger partial charge is 0.507 e. The zero-order valence-electron chi connectivity index (χ0n) is 16.1. The minimum absolute atomic E-state index is 0.0563. The molecule has 8 nitrogen and oxygen atoms in total. The van der Waals surface area contributed by atoms with E-state index in [0.717, 1.165) is 17.7 Å². The van der Waals surface area contributed by atoms with Gasteiger partial charge in [0.05, 0.1) is 16.2 Å². The van der Waals surface area contributed by atoms with Crippen LogP contribution in [0.2, 0.25) is 0 Å². The number of amides is 1. The van der Waals surface area contributed by atoms with E-state index in [0.29, 0.717) is 0 Å². The molecular weight excluding hydrogens is 416 g/mol. The van der Waals surface area contributed by atoms with Gasteiger partial charge in [-0.1, -0.05) is 37.3 Å². The Morgan fingerprint density at radius 1 is 1.07 bits per heavy atom. The molecule has 2 aromatic rings. The van der Waals surface area contributed by atoms with E-state index in [-0.39, 0.29) is 28.5 Å². The molecule has 29 heavy (non-hydrogen) atoms. The molecule has 0 unspecified atom stereocenters. The van der Waals surface area contributed by atoms with Gasteiger partial charge in [0.25, 0.3) is 5.91 Å². The molecule has 0 spiro atoms. The summed E-state index contributed by atoms with van der Waals surface area (Å²) in [4.78, 5) is 12.2. The van der Waals surface area contributed by atoms with Gasteiger partial charge in [-0.15, -0.1) is 0 Å². The molecule has 2 rings (SSSR count). The summed E-state index contributed by atoms with van der Waals surface area (Å²) in [5, 5.41) is 12.4. The summed E-state index contributed by atoms with van der Waals surface area (Å²) >= 11 is 0. The number of carbonyl (C=O) groups is 1. The van der Waals surface area contributed by atoms with Crippen LogP contribution >= 0.6 is 0 Å². The molecule has 0 saturated heterocycles. The second-order valence-electron chi connectivity index (χ2n) is 6.56. The highest BCUT2D eigenvalue weighted by atomic mass is 32.2. The van der Waals surface area contributed by atoms with Crippen LogP contribution in [0.4, 0.5) is 0 Å². The lowest BCUT2D eigenvalue weighted by Crippen LogP contribution is -2.38. The van der Waals surface area contributed by atoms with Crippen molar-refractivity contribution in [3.05, 3.63) is 59.7 Å². The minimum atomic E-state index is -3.93. The van der Waals surface area contributed by atoms with E-state index in [4.69, 9.17) is 0 Å². The Morgan fingerprint density at radius 3 is 2.34 bits per heavy atom. The normalized spacial score (nSPS) is 13.0. The van der Waals surface area contributed by atoms with Crippen molar-refractivity contribution in [1.29, 1.82) is 0 Å². The average Bonchev–Trinajstić information content (AvgIpc) is 2.67. The first-order valence-electron chi connectivity index (χ1n) is 8.92. The molecule has 158 valence electrons. The number of carbonyl (C=O) groups excluding carboxylic acids is 1. The number of phenolic OH excluding ortho intramolecular Hbond substituents is 1. The SMILES string of the molecule is CCS(=O)(=O)C[C@H](C)NC(=O)c1cc(S(=O)(=O)NCc2ccccc2)ccc1O. The van der Waals surface area contributed by atoms with Gasteiger partial charge in [0, 0.05) is 18.3 Å². The third kappa shape index (κ3) is 6.55. The number of nitrogens with one attached hydrogen (secondary N) is 2. The van der Waals surface area contributed by atoms with Crippen molar-refractivity contribution in [2.24, 2.45) is 0 Å². The van der Waals surface area contributed by atoms with E-state index in [1.807, 2.05) is 6.07 Å². The molecule has 0 radical (unpaired) electrons. The third-order valence-electron chi connectivity index (χ3n) is 4.15. The van der Waals surface area contributed by atoms with Crippen LogP contribution in [0.5, 0.6) is 5.75 Å². The highest BCUT2D eigenvalue weighted by Crippen LogP contribution is 2.21. The van der Waals surface area contributed by atoms with Gasteiger partial charge < -0.3 is 10.4 Å². The zero-order valence-corrected chi connectivity index (χ0v) is 17.8. The maximum atomic E-state index is 12.5. The number of hydrogen-bond acceptors (Lipinski definition) is 6. The van der Waals surface area contributed by atoms with Gasteiger partial charge in [-0.05, 0) is 30.7 Å². The molecule has 0 aliphatic carbocycles. The molecule has 0 aliphatic heterocycles. The van der Waals surface area contributed by atoms with Gasteiger partial charge in [-0.25, -0.2) is 21.6 Å². The number of sulfone groups is 1. The van der Waals surface area contributed by atoms with Crippen molar-refractivity contribution in [2.45, 2.75) is 31.3 Å². The highest BCUT2D eigenvalue weighted by Gasteiger charge is 2.21. The summed E-state index contributed by atoms with van der Waals surface area (Å²) in [6, 6.07) is 11.6. The Hall–Kier alpha value is -2.43. The predicted molar refractivity (Wildman–Crippen MR) is 110 cm³/mol. The molecule has 0 aliphatic rings. The maximum absolute atomic E-state index is 12.5. The number of rotatable bonds is 9. The molecule has 10 heteroatoms. The Kier molecular flexibility index (Phi) is 7.39. The quantitative estimate of drug-likeness (QED) is 0.541. The van der Waals surface area contributed by atoms with E-state index in [1.54, 1.807) is 24.3 Å². The lowest BCUT2D eigenvalue weighted by molar-refractivity contribution is 0.0940. The number of aromatic hydroxyl groups is 1. The van der Waals surface area contributed by atoms with Crippen molar-refractivity contribution < 1.29 is 26.7 Å². The van der Waals surface area contributed by atoms with Crippen LogP contribution in [0.3, 0.4) is 0 Å². The second kappa shape index (κ2) is 9.38. The van der Waals surface area contributed by atoms with Gasteiger partial charge in [0.1, 0.15) is 5.75 Å².